The predicted octanol–water partition coefficient (Wildman–Crippen LogP) is 4.20. The standard InChI is InChI=1S/C16H17BrN2/c1-18-9-7-13-12-6-5-11(17)10-15(12)19-8-3-2-4-14(18)16(13)19/h3,5-6,8,10,14H,2,4,7,9H2,1H3. The molecule has 0 saturated heterocycles. The minimum absolute atomic E-state index is 0.574. The van der Waals surface area contributed by atoms with Crippen LogP contribution in [0, 0.1) is 0 Å². The number of nitrogens with zero attached hydrogens (tertiary/aromatic N) is 2. The number of rotatable bonds is 0. The zero-order chi connectivity index (χ0) is 13.0. The first-order valence-corrected chi connectivity index (χ1v) is 7.74. The summed E-state index contributed by atoms with van der Waals surface area (Å²) in [7, 11) is 2.26. The van der Waals surface area contributed by atoms with Crippen molar-refractivity contribution in [2.45, 2.75) is 25.3 Å². The Bertz CT molecular complexity index is 684. The zero-order valence-corrected chi connectivity index (χ0v) is 12.7. The monoisotopic (exact) mass is 316 g/mol. The Balaban J connectivity index is 2.10. The van der Waals surface area contributed by atoms with E-state index < -0.39 is 0 Å². The molecule has 0 bridgehead atoms. The lowest BCUT2D eigenvalue weighted by Crippen LogP contribution is -2.32. The van der Waals surface area contributed by atoms with E-state index in [1.165, 1.54) is 42.4 Å². The van der Waals surface area contributed by atoms with Crippen LogP contribution in [0.1, 0.15) is 30.1 Å². The summed E-state index contributed by atoms with van der Waals surface area (Å²) in [6.07, 6.45) is 8.16. The van der Waals surface area contributed by atoms with Gasteiger partial charge in [0.05, 0.1) is 11.6 Å². The summed E-state index contributed by atoms with van der Waals surface area (Å²) in [4.78, 5) is 2.51. The van der Waals surface area contributed by atoms with Crippen LogP contribution in [0.2, 0.25) is 0 Å². The first-order valence-electron chi connectivity index (χ1n) is 6.95. The second-order valence-corrected chi connectivity index (χ2v) is 6.52. The molecule has 1 unspecified atom stereocenters. The SMILES string of the molecule is CN1CCc2c3n(c4cc(Br)ccc24)C=CCCC31. The van der Waals surface area contributed by atoms with Gasteiger partial charge in [-0.3, -0.25) is 4.90 Å². The lowest BCUT2D eigenvalue weighted by atomic mass is 9.95. The Morgan fingerprint density at radius 2 is 2.21 bits per heavy atom. The lowest BCUT2D eigenvalue weighted by Gasteiger charge is -2.33. The van der Waals surface area contributed by atoms with Gasteiger partial charge in [-0.2, -0.15) is 0 Å². The summed E-state index contributed by atoms with van der Waals surface area (Å²) < 4.78 is 3.58. The van der Waals surface area contributed by atoms with E-state index in [-0.39, 0.29) is 0 Å². The second-order valence-electron chi connectivity index (χ2n) is 5.60. The Hall–Kier alpha value is -1.06. The van der Waals surface area contributed by atoms with Crippen molar-refractivity contribution in [2.75, 3.05) is 13.6 Å². The molecule has 2 aromatic rings. The highest BCUT2D eigenvalue weighted by atomic mass is 79.9. The number of halogens is 1. The van der Waals surface area contributed by atoms with Gasteiger partial charge in [-0.05, 0) is 44.0 Å². The van der Waals surface area contributed by atoms with E-state index in [4.69, 9.17) is 0 Å². The highest BCUT2D eigenvalue weighted by molar-refractivity contribution is 9.10. The van der Waals surface area contributed by atoms with E-state index in [1.54, 1.807) is 5.56 Å². The van der Waals surface area contributed by atoms with Crippen LogP contribution in [0.15, 0.2) is 28.7 Å². The zero-order valence-electron chi connectivity index (χ0n) is 11.1. The van der Waals surface area contributed by atoms with Gasteiger partial charge in [0.1, 0.15) is 0 Å². The minimum atomic E-state index is 0.574. The Morgan fingerprint density at radius 3 is 3.11 bits per heavy atom. The summed E-state index contributed by atoms with van der Waals surface area (Å²) in [6.45, 7) is 1.17. The molecule has 1 atom stereocenters. The molecule has 0 saturated carbocycles. The third kappa shape index (κ3) is 1.65. The van der Waals surface area contributed by atoms with E-state index in [9.17, 15) is 0 Å². The van der Waals surface area contributed by atoms with Gasteiger partial charge in [0.15, 0.2) is 0 Å². The molecule has 3 heterocycles. The predicted molar refractivity (Wildman–Crippen MR) is 83.3 cm³/mol. The molecule has 19 heavy (non-hydrogen) atoms. The fraction of sp³-hybridized carbons (Fsp3) is 0.375. The number of aromatic nitrogens is 1. The van der Waals surface area contributed by atoms with Crippen molar-refractivity contribution >= 4 is 33.0 Å². The second kappa shape index (κ2) is 4.22. The summed E-state index contributed by atoms with van der Waals surface area (Å²) in [5, 5.41) is 1.43. The summed E-state index contributed by atoms with van der Waals surface area (Å²) in [5.41, 5.74) is 4.44. The summed E-state index contributed by atoms with van der Waals surface area (Å²) >= 11 is 3.61. The van der Waals surface area contributed by atoms with Crippen LogP contribution in [0.25, 0.3) is 17.1 Å². The first kappa shape index (κ1) is 11.7. The largest absolute Gasteiger partial charge is 0.319 e. The van der Waals surface area contributed by atoms with Gasteiger partial charge in [0.25, 0.3) is 0 Å². The van der Waals surface area contributed by atoms with E-state index in [2.05, 4.69) is 62.9 Å². The van der Waals surface area contributed by atoms with Crippen molar-refractivity contribution in [2.24, 2.45) is 0 Å². The van der Waals surface area contributed by atoms with Gasteiger partial charge in [0, 0.05) is 28.3 Å². The van der Waals surface area contributed by atoms with Crippen molar-refractivity contribution < 1.29 is 0 Å². The number of hydrogen-bond acceptors (Lipinski definition) is 1. The smallest absolute Gasteiger partial charge is 0.0540 e. The molecule has 0 N–H and O–H groups in total. The van der Waals surface area contributed by atoms with Crippen molar-refractivity contribution in [3.63, 3.8) is 0 Å². The molecule has 2 nitrogen and oxygen atoms in total. The molecule has 0 fully saturated rings. The highest BCUT2D eigenvalue weighted by Crippen LogP contribution is 2.40. The fourth-order valence-electron chi connectivity index (χ4n) is 3.60. The van der Waals surface area contributed by atoms with E-state index in [0.717, 1.165) is 4.47 Å². The van der Waals surface area contributed by atoms with Gasteiger partial charge in [-0.25, -0.2) is 0 Å². The molecule has 0 amide bonds. The van der Waals surface area contributed by atoms with Crippen molar-refractivity contribution in [3.8, 4) is 0 Å². The van der Waals surface area contributed by atoms with Crippen molar-refractivity contribution in [1.29, 1.82) is 0 Å². The van der Waals surface area contributed by atoms with Gasteiger partial charge in [-0.15, -0.1) is 0 Å². The number of fused-ring (bicyclic) bond motifs is 3. The summed E-state index contributed by atoms with van der Waals surface area (Å²) in [5.74, 6) is 0. The van der Waals surface area contributed by atoms with Gasteiger partial charge in [0.2, 0.25) is 0 Å². The maximum Gasteiger partial charge on any atom is 0.0540 e. The Kier molecular flexibility index (Phi) is 2.61. The topological polar surface area (TPSA) is 8.17 Å². The Morgan fingerprint density at radius 1 is 1.32 bits per heavy atom. The van der Waals surface area contributed by atoms with E-state index in [1.807, 2.05) is 0 Å². The van der Waals surface area contributed by atoms with E-state index >= 15 is 0 Å². The number of hydrogen-bond donors (Lipinski definition) is 0. The molecule has 4 rings (SSSR count). The van der Waals surface area contributed by atoms with Crippen LogP contribution in [0.4, 0.5) is 0 Å². The average molecular weight is 317 g/mol. The van der Waals surface area contributed by atoms with Crippen LogP contribution in [0.3, 0.4) is 0 Å². The molecule has 0 aliphatic carbocycles. The molecular formula is C16H17BrN2. The number of likely N-dealkylation sites (N-methyl/N-ethyl adjacent to an activating group) is 1. The molecule has 2 aliphatic rings. The van der Waals surface area contributed by atoms with Crippen LogP contribution >= 0.6 is 15.9 Å². The van der Waals surface area contributed by atoms with Crippen molar-refractivity contribution in [3.05, 3.63) is 40.0 Å². The van der Waals surface area contributed by atoms with Crippen molar-refractivity contribution in [1.82, 2.24) is 9.47 Å². The van der Waals surface area contributed by atoms with E-state index in [0.29, 0.717) is 6.04 Å². The third-order valence-electron chi connectivity index (χ3n) is 4.54. The van der Waals surface area contributed by atoms with Crippen LogP contribution < -0.4 is 0 Å². The quantitative estimate of drug-likeness (QED) is 0.707. The molecule has 2 aliphatic heterocycles. The minimum Gasteiger partial charge on any atom is -0.319 e. The maximum absolute atomic E-state index is 3.61. The molecule has 0 radical (unpaired) electrons. The molecule has 98 valence electrons. The van der Waals surface area contributed by atoms with Crippen LogP contribution in [0.5, 0.6) is 0 Å². The average Bonchev–Trinajstić information content (AvgIpc) is 2.58. The van der Waals surface area contributed by atoms with Crippen LogP contribution in [-0.2, 0) is 6.42 Å². The van der Waals surface area contributed by atoms with Gasteiger partial charge in [-0.1, -0.05) is 28.1 Å². The number of benzene rings is 1. The lowest BCUT2D eigenvalue weighted by molar-refractivity contribution is 0.216. The molecule has 0 spiro atoms. The highest BCUT2D eigenvalue weighted by Gasteiger charge is 2.30. The molecule has 1 aromatic heterocycles. The first-order chi connectivity index (χ1) is 9.25. The third-order valence-corrected chi connectivity index (χ3v) is 5.03. The number of allylic oxidation sites excluding steroid dienone is 1. The van der Waals surface area contributed by atoms with Crippen LogP contribution in [-0.4, -0.2) is 23.1 Å². The molecule has 3 heteroatoms. The normalized spacial score (nSPS) is 22.5. The fourth-order valence-corrected chi connectivity index (χ4v) is 3.95. The van der Waals surface area contributed by atoms with Gasteiger partial charge < -0.3 is 4.57 Å². The van der Waals surface area contributed by atoms with Gasteiger partial charge >= 0.3 is 0 Å². The maximum atomic E-state index is 3.61. The summed E-state index contributed by atoms with van der Waals surface area (Å²) in [6, 6.07) is 7.26. The molecule has 1 aromatic carbocycles. The Labute approximate surface area is 121 Å². The molecular weight excluding hydrogens is 300 g/mol.